The average molecular weight is 736 g/mol. The molecule has 1 atom stereocenters. The summed E-state index contributed by atoms with van der Waals surface area (Å²) in [6, 6.07) is 24.9. The van der Waals surface area contributed by atoms with Crippen molar-refractivity contribution in [2.24, 2.45) is 0 Å². The van der Waals surface area contributed by atoms with Crippen LogP contribution in [-0.2, 0) is 22.4 Å². The molecule has 0 bridgehead atoms. The Kier molecular flexibility index (Phi) is 14.7. The number of aromatic amines is 2. The highest BCUT2D eigenvalue weighted by atomic mass is 35.5. The fourth-order valence-electron chi connectivity index (χ4n) is 5.06. The molecular weight excluding hydrogens is 702 g/mol. The maximum absolute atomic E-state index is 13.3. The van der Waals surface area contributed by atoms with Gasteiger partial charge in [-0.3, -0.25) is 9.59 Å². The monoisotopic (exact) mass is 734 g/mol. The minimum absolute atomic E-state index is 0. The largest absolute Gasteiger partial charge is 0.446 e. The van der Waals surface area contributed by atoms with E-state index in [0.717, 1.165) is 41.2 Å². The summed E-state index contributed by atoms with van der Waals surface area (Å²) in [5.74, 6) is -0.916. The van der Waals surface area contributed by atoms with E-state index in [-0.39, 0.29) is 30.2 Å². The number of nitrogens with one attached hydrogen (secondary N) is 2. The molecule has 7 rings (SSSR count). The van der Waals surface area contributed by atoms with Crippen LogP contribution in [0, 0.1) is 11.6 Å². The van der Waals surface area contributed by atoms with E-state index in [2.05, 4.69) is 28.2 Å². The van der Waals surface area contributed by atoms with Crippen molar-refractivity contribution in [2.75, 3.05) is 13.2 Å². The molecular formula is C37H33Cl2F5N2O4. The minimum atomic E-state index is -4.64. The first-order valence-corrected chi connectivity index (χ1v) is 15.5. The van der Waals surface area contributed by atoms with E-state index < -0.39 is 24.1 Å². The molecule has 4 aromatic carbocycles. The van der Waals surface area contributed by atoms with E-state index >= 15 is 0 Å². The Labute approximate surface area is 294 Å². The number of aliphatic hydroxyl groups excluding tert-OH is 1. The molecule has 0 saturated heterocycles. The zero-order chi connectivity index (χ0) is 35.6. The van der Waals surface area contributed by atoms with Crippen LogP contribution in [0.3, 0.4) is 0 Å². The van der Waals surface area contributed by atoms with Crippen molar-refractivity contribution in [2.45, 2.75) is 32.5 Å². The first-order chi connectivity index (χ1) is 23.4. The second-order valence-corrected chi connectivity index (χ2v) is 11.3. The van der Waals surface area contributed by atoms with Gasteiger partial charge in [0.1, 0.15) is 24.0 Å². The fraction of sp³-hybridized carbons (Fsp3) is 0.189. The summed E-state index contributed by atoms with van der Waals surface area (Å²) in [5.41, 5.74) is 7.01. The van der Waals surface area contributed by atoms with Gasteiger partial charge < -0.3 is 19.8 Å². The third-order valence-electron chi connectivity index (χ3n) is 7.26. The van der Waals surface area contributed by atoms with Gasteiger partial charge in [-0.2, -0.15) is 13.2 Å². The van der Waals surface area contributed by atoms with Crippen LogP contribution in [0.5, 0.6) is 0 Å². The molecule has 6 nitrogen and oxygen atoms in total. The molecule has 1 unspecified atom stereocenters. The first-order valence-electron chi connectivity index (χ1n) is 14.7. The standard InChI is InChI=1S/C17H13ClFNO.C10H11NO.C7H4ClFO.C2HF3O.CH4/c18-13-9-10(5-6-14(13)19)17-16-12(7-8-21-17)11-3-1-2-4-15(11)20-16;12-6-5-8-7-11-10-4-2-1-3-9(8)10;8-6-3-5(4-10)1-2-7(6)9;3-2(4,5)1-6;/h1-6,9,17,20H,7-8H2;1-4,7,11-12H,5-6H2;1-4H;1H;1H4. The highest BCUT2D eigenvalue weighted by Crippen LogP contribution is 2.37. The number of hydrogen-bond acceptors (Lipinski definition) is 4. The van der Waals surface area contributed by atoms with E-state index in [1.54, 1.807) is 12.1 Å². The third-order valence-corrected chi connectivity index (χ3v) is 7.84. The second-order valence-electron chi connectivity index (χ2n) is 10.5. The summed E-state index contributed by atoms with van der Waals surface area (Å²) < 4.78 is 62.9. The molecule has 0 radical (unpaired) electrons. The van der Waals surface area contributed by atoms with Crippen LogP contribution in [0.25, 0.3) is 21.8 Å². The highest BCUT2D eigenvalue weighted by molar-refractivity contribution is 6.31. The maximum Gasteiger partial charge on any atom is 0.446 e. The highest BCUT2D eigenvalue weighted by Gasteiger charge is 2.27. The van der Waals surface area contributed by atoms with E-state index in [1.165, 1.54) is 40.1 Å². The molecule has 0 amide bonds. The number of H-pyrrole nitrogens is 2. The molecule has 0 saturated carbocycles. The molecule has 1 aliphatic rings. The molecule has 3 N–H and O–H groups in total. The van der Waals surface area contributed by atoms with Gasteiger partial charge in [0.05, 0.1) is 22.3 Å². The Hall–Kier alpha value is -4.55. The number of rotatable bonds is 4. The second kappa shape index (κ2) is 18.4. The maximum atomic E-state index is 13.3. The summed E-state index contributed by atoms with van der Waals surface area (Å²) in [6.45, 7) is 0.857. The summed E-state index contributed by atoms with van der Waals surface area (Å²) in [6.07, 6.45) is -1.74. The van der Waals surface area contributed by atoms with Gasteiger partial charge in [-0.15, -0.1) is 0 Å². The number of alkyl halides is 3. The fourth-order valence-corrected chi connectivity index (χ4v) is 5.44. The molecule has 0 fully saturated rings. The van der Waals surface area contributed by atoms with Crippen molar-refractivity contribution >= 4 is 57.6 Å². The number of ether oxygens (including phenoxy) is 1. The number of carbonyl (C=O) groups excluding carboxylic acids is 2. The molecule has 6 aromatic rings. The number of halogens is 7. The smallest absolute Gasteiger partial charge is 0.396 e. The number of carbonyl (C=O) groups is 2. The molecule has 264 valence electrons. The SMILES string of the molecule is C.Fc1ccc(C2OCCc3c2[nH]c2ccccc32)cc1Cl.O=CC(F)(F)F.O=Cc1ccc(F)c(Cl)c1.OCCc1c[nH]c2ccccc12. The van der Waals surface area contributed by atoms with Crippen molar-refractivity contribution in [3.8, 4) is 0 Å². The molecule has 0 spiro atoms. The van der Waals surface area contributed by atoms with Crippen LogP contribution in [0.2, 0.25) is 10.0 Å². The minimum Gasteiger partial charge on any atom is -0.396 e. The first kappa shape index (κ1) is 39.9. The Balaban J connectivity index is 0.000000199. The lowest BCUT2D eigenvalue weighted by Crippen LogP contribution is -2.17. The van der Waals surface area contributed by atoms with Gasteiger partial charge in [0.2, 0.25) is 6.29 Å². The average Bonchev–Trinajstić information content (AvgIpc) is 3.69. The topological polar surface area (TPSA) is 95.2 Å². The lowest BCUT2D eigenvalue weighted by atomic mass is 9.98. The summed E-state index contributed by atoms with van der Waals surface area (Å²) in [5, 5.41) is 11.3. The van der Waals surface area contributed by atoms with Gasteiger partial charge in [0.25, 0.3) is 0 Å². The normalized spacial score (nSPS) is 13.3. The van der Waals surface area contributed by atoms with Crippen LogP contribution in [0.1, 0.15) is 46.3 Å². The van der Waals surface area contributed by atoms with Gasteiger partial charge >= 0.3 is 6.18 Å². The summed E-state index contributed by atoms with van der Waals surface area (Å²) in [7, 11) is 0. The van der Waals surface area contributed by atoms with Crippen LogP contribution in [0.15, 0.2) is 91.1 Å². The molecule has 0 aliphatic carbocycles. The predicted molar refractivity (Wildman–Crippen MR) is 186 cm³/mol. The van der Waals surface area contributed by atoms with Crippen molar-refractivity contribution in [1.29, 1.82) is 0 Å². The van der Waals surface area contributed by atoms with Gasteiger partial charge in [-0.25, -0.2) is 8.78 Å². The number of benzene rings is 4. The lowest BCUT2D eigenvalue weighted by Gasteiger charge is -2.24. The van der Waals surface area contributed by atoms with Gasteiger partial charge in [-0.05, 0) is 72.0 Å². The number of hydrogen-bond donors (Lipinski definition) is 3. The van der Waals surface area contributed by atoms with Crippen molar-refractivity contribution < 1.29 is 41.4 Å². The number of aldehydes is 2. The van der Waals surface area contributed by atoms with Crippen LogP contribution in [0.4, 0.5) is 22.0 Å². The van der Waals surface area contributed by atoms with E-state index in [0.29, 0.717) is 18.5 Å². The summed E-state index contributed by atoms with van der Waals surface area (Å²) >= 11 is 11.3. The van der Waals surface area contributed by atoms with Gasteiger partial charge in [-0.1, -0.05) is 73.1 Å². The Morgan fingerprint density at radius 2 is 1.46 bits per heavy atom. The van der Waals surface area contributed by atoms with Crippen LogP contribution < -0.4 is 0 Å². The lowest BCUT2D eigenvalue weighted by molar-refractivity contribution is -0.156. The number of aliphatic hydroxyl groups is 1. The third kappa shape index (κ3) is 10.5. The zero-order valence-electron chi connectivity index (χ0n) is 25.5. The van der Waals surface area contributed by atoms with Crippen molar-refractivity contribution in [3.05, 3.63) is 141 Å². The van der Waals surface area contributed by atoms with Crippen LogP contribution >= 0.6 is 23.2 Å². The summed E-state index contributed by atoms with van der Waals surface area (Å²) in [4.78, 5) is 25.4. The van der Waals surface area contributed by atoms with Gasteiger partial charge in [0.15, 0.2) is 0 Å². The van der Waals surface area contributed by atoms with E-state index in [9.17, 15) is 26.7 Å². The van der Waals surface area contributed by atoms with Crippen molar-refractivity contribution in [1.82, 2.24) is 9.97 Å². The van der Waals surface area contributed by atoms with E-state index in [1.807, 2.05) is 36.5 Å². The van der Waals surface area contributed by atoms with Gasteiger partial charge in [0, 0.05) is 40.2 Å². The van der Waals surface area contributed by atoms with Crippen molar-refractivity contribution in [3.63, 3.8) is 0 Å². The zero-order valence-corrected chi connectivity index (χ0v) is 27.1. The molecule has 50 heavy (non-hydrogen) atoms. The van der Waals surface area contributed by atoms with E-state index in [4.69, 9.17) is 37.8 Å². The Morgan fingerprint density at radius 1 is 0.860 bits per heavy atom. The Bertz CT molecular complexity index is 2030. The quantitative estimate of drug-likeness (QED) is 0.124. The molecule has 2 aromatic heterocycles. The Morgan fingerprint density at radius 3 is 2.06 bits per heavy atom. The van der Waals surface area contributed by atoms with Crippen LogP contribution in [-0.4, -0.2) is 47.0 Å². The number of para-hydroxylation sites is 2. The predicted octanol–water partition coefficient (Wildman–Crippen LogP) is 10.0. The number of fused-ring (bicyclic) bond motifs is 4. The molecule has 13 heteroatoms. The molecule has 3 heterocycles. The molecule has 1 aliphatic heterocycles. The number of aromatic nitrogens is 2.